The minimum absolute atomic E-state index is 0. The van der Waals surface area contributed by atoms with E-state index in [1.807, 2.05) is 6.92 Å². The van der Waals surface area contributed by atoms with Crippen LogP contribution in [0.3, 0.4) is 0 Å². The van der Waals surface area contributed by atoms with Gasteiger partial charge in [0.2, 0.25) is 5.91 Å². The third-order valence-corrected chi connectivity index (χ3v) is 5.01. The molecule has 5 nitrogen and oxygen atoms in total. The fourth-order valence-corrected chi connectivity index (χ4v) is 3.82. The van der Waals surface area contributed by atoms with Gasteiger partial charge < -0.3 is 15.4 Å². The predicted molar refractivity (Wildman–Crippen MR) is 92.1 cm³/mol. The van der Waals surface area contributed by atoms with Gasteiger partial charge in [0.25, 0.3) is 0 Å². The summed E-state index contributed by atoms with van der Waals surface area (Å²) in [5.41, 5.74) is 0. The van der Waals surface area contributed by atoms with Crippen LogP contribution >= 0.6 is 24.8 Å². The van der Waals surface area contributed by atoms with Gasteiger partial charge in [-0.05, 0) is 26.2 Å². The summed E-state index contributed by atoms with van der Waals surface area (Å²) in [5.74, 6) is 0.107. The Morgan fingerprint density at radius 1 is 1.23 bits per heavy atom. The summed E-state index contributed by atoms with van der Waals surface area (Å²) in [6.45, 7) is 5.60. The van der Waals surface area contributed by atoms with Crippen LogP contribution in [0, 0.1) is 0 Å². The molecule has 3 rings (SSSR count). The summed E-state index contributed by atoms with van der Waals surface area (Å²) in [5, 5.41) is 6.47. The van der Waals surface area contributed by atoms with Crippen LogP contribution in [0.15, 0.2) is 0 Å². The normalized spacial score (nSPS) is 33.0. The van der Waals surface area contributed by atoms with E-state index in [2.05, 4.69) is 15.5 Å². The van der Waals surface area contributed by atoms with E-state index in [1.165, 1.54) is 25.7 Å². The third-order valence-electron chi connectivity index (χ3n) is 5.01. The highest BCUT2D eigenvalue weighted by Gasteiger charge is 2.33. The lowest BCUT2D eigenvalue weighted by atomic mass is 10.1. The van der Waals surface area contributed by atoms with Gasteiger partial charge in [-0.1, -0.05) is 12.8 Å². The van der Waals surface area contributed by atoms with Crippen LogP contribution in [0.2, 0.25) is 0 Å². The SMILES string of the molecule is C[C@H]1OCCN[C@@H]1C(=O)NC1CCN(C2CCCC2)C1.Cl.Cl. The lowest BCUT2D eigenvalue weighted by Crippen LogP contribution is -2.57. The van der Waals surface area contributed by atoms with Crippen LogP contribution in [0.25, 0.3) is 0 Å². The van der Waals surface area contributed by atoms with E-state index < -0.39 is 0 Å². The molecule has 0 radical (unpaired) electrons. The van der Waals surface area contributed by atoms with E-state index in [0.29, 0.717) is 12.6 Å². The minimum Gasteiger partial charge on any atom is -0.375 e. The topological polar surface area (TPSA) is 53.6 Å². The fourth-order valence-electron chi connectivity index (χ4n) is 3.82. The average Bonchev–Trinajstić information content (AvgIpc) is 3.09. The first-order chi connectivity index (χ1) is 9.74. The van der Waals surface area contributed by atoms with Crippen LogP contribution in [0.1, 0.15) is 39.0 Å². The molecule has 3 fully saturated rings. The van der Waals surface area contributed by atoms with E-state index >= 15 is 0 Å². The Kier molecular flexibility index (Phi) is 8.43. The molecule has 1 aliphatic carbocycles. The van der Waals surface area contributed by atoms with Crippen molar-refractivity contribution in [3.63, 3.8) is 0 Å². The van der Waals surface area contributed by atoms with Gasteiger partial charge in [0.15, 0.2) is 0 Å². The number of morpholine rings is 1. The van der Waals surface area contributed by atoms with Gasteiger partial charge in [-0.2, -0.15) is 0 Å². The summed E-state index contributed by atoms with van der Waals surface area (Å²) in [4.78, 5) is 14.9. The predicted octanol–water partition coefficient (Wildman–Crippen LogP) is 1.34. The Bertz CT molecular complexity index is 354. The summed E-state index contributed by atoms with van der Waals surface area (Å²) in [6.07, 6.45) is 6.49. The Balaban J connectivity index is 0.00000121. The highest BCUT2D eigenvalue weighted by molar-refractivity contribution is 5.85. The number of amides is 1. The van der Waals surface area contributed by atoms with Crippen molar-refractivity contribution in [1.82, 2.24) is 15.5 Å². The van der Waals surface area contributed by atoms with Crippen molar-refractivity contribution >= 4 is 30.7 Å². The maximum Gasteiger partial charge on any atom is 0.240 e. The van der Waals surface area contributed by atoms with Gasteiger partial charge in [0, 0.05) is 31.7 Å². The zero-order valence-corrected chi connectivity index (χ0v) is 14.9. The molecule has 130 valence electrons. The van der Waals surface area contributed by atoms with Crippen molar-refractivity contribution < 1.29 is 9.53 Å². The number of ether oxygens (including phenoxy) is 1. The summed E-state index contributed by atoms with van der Waals surface area (Å²) in [7, 11) is 0. The maximum atomic E-state index is 12.3. The number of likely N-dealkylation sites (tertiary alicyclic amines) is 1. The number of halogens is 2. The number of carbonyl (C=O) groups is 1. The molecular formula is C15H29Cl2N3O2. The average molecular weight is 354 g/mol. The standard InChI is InChI=1S/C15H27N3O2.2ClH/c1-11-14(16-7-9-20-11)15(19)17-12-6-8-18(10-12)13-4-2-3-5-13;;/h11-14,16H,2-10H2,1H3,(H,17,19);2*1H/t11-,12?,14+;;/m1../s1. The first kappa shape index (κ1) is 20.0. The van der Waals surface area contributed by atoms with E-state index in [0.717, 1.165) is 32.1 Å². The van der Waals surface area contributed by atoms with Crippen molar-refractivity contribution in [2.45, 2.75) is 63.3 Å². The van der Waals surface area contributed by atoms with Crippen LogP contribution < -0.4 is 10.6 Å². The highest BCUT2D eigenvalue weighted by Crippen LogP contribution is 2.26. The van der Waals surface area contributed by atoms with Crippen LogP contribution in [-0.4, -0.2) is 61.3 Å². The quantitative estimate of drug-likeness (QED) is 0.803. The van der Waals surface area contributed by atoms with Crippen molar-refractivity contribution in [2.75, 3.05) is 26.2 Å². The summed E-state index contributed by atoms with van der Waals surface area (Å²) >= 11 is 0. The van der Waals surface area contributed by atoms with Gasteiger partial charge in [0.1, 0.15) is 6.04 Å². The molecule has 0 aromatic rings. The second-order valence-corrected chi connectivity index (χ2v) is 6.44. The monoisotopic (exact) mass is 353 g/mol. The van der Waals surface area contributed by atoms with Gasteiger partial charge in [-0.15, -0.1) is 24.8 Å². The fraction of sp³-hybridized carbons (Fsp3) is 0.933. The lowest BCUT2D eigenvalue weighted by Gasteiger charge is -2.30. The molecule has 3 atom stereocenters. The molecule has 2 N–H and O–H groups in total. The largest absolute Gasteiger partial charge is 0.375 e. The first-order valence-electron chi connectivity index (χ1n) is 8.13. The molecule has 1 amide bonds. The van der Waals surface area contributed by atoms with Crippen LogP contribution in [0.5, 0.6) is 0 Å². The molecule has 0 spiro atoms. The molecule has 2 saturated heterocycles. The molecule has 7 heteroatoms. The number of hydrogen-bond acceptors (Lipinski definition) is 4. The third kappa shape index (κ3) is 4.71. The summed E-state index contributed by atoms with van der Waals surface area (Å²) in [6, 6.07) is 0.898. The first-order valence-corrected chi connectivity index (χ1v) is 8.13. The number of nitrogens with zero attached hydrogens (tertiary/aromatic N) is 1. The number of hydrogen-bond donors (Lipinski definition) is 2. The molecule has 1 saturated carbocycles. The van der Waals surface area contributed by atoms with Crippen molar-refractivity contribution in [2.24, 2.45) is 0 Å². The van der Waals surface area contributed by atoms with E-state index in [1.54, 1.807) is 0 Å². The van der Waals surface area contributed by atoms with Gasteiger partial charge in [-0.3, -0.25) is 9.69 Å². The van der Waals surface area contributed by atoms with E-state index in [-0.39, 0.29) is 42.9 Å². The van der Waals surface area contributed by atoms with E-state index in [9.17, 15) is 4.79 Å². The van der Waals surface area contributed by atoms with Crippen molar-refractivity contribution in [3.8, 4) is 0 Å². The smallest absolute Gasteiger partial charge is 0.240 e. The lowest BCUT2D eigenvalue weighted by molar-refractivity contribution is -0.129. The molecule has 2 heterocycles. The second kappa shape index (κ2) is 9.28. The highest BCUT2D eigenvalue weighted by atomic mass is 35.5. The Morgan fingerprint density at radius 2 is 1.95 bits per heavy atom. The molecule has 0 aromatic heterocycles. The zero-order chi connectivity index (χ0) is 13.9. The molecule has 3 aliphatic rings. The van der Waals surface area contributed by atoms with Gasteiger partial charge >= 0.3 is 0 Å². The second-order valence-electron chi connectivity index (χ2n) is 6.44. The number of carbonyl (C=O) groups excluding carboxylic acids is 1. The minimum atomic E-state index is -0.190. The summed E-state index contributed by atoms with van der Waals surface area (Å²) < 4.78 is 5.54. The van der Waals surface area contributed by atoms with Crippen molar-refractivity contribution in [1.29, 1.82) is 0 Å². The molecule has 0 bridgehead atoms. The van der Waals surface area contributed by atoms with Gasteiger partial charge in [0.05, 0.1) is 12.7 Å². The Hall–Kier alpha value is -0.0700. The number of rotatable bonds is 3. The molecule has 2 aliphatic heterocycles. The Morgan fingerprint density at radius 3 is 2.64 bits per heavy atom. The molecular weight excluding hydrogens is 325 g/mol. The number of nitrogens with one attached hydrogen (secondary N) is 2. The molecule has 0 aromatic carbocycles. The zero-order valence-electron chi connectivity index (χ0n) is 13.3. The van der Waals surface area contributed by atoms with Crippen LogP contribution in [-0.2, 0) is 9.53 Å². The molecule has 22 heavy (non-hydrogen) atoms. The van der Waals surface area contributed by atoms with E-state index in [4.69, 9.17) is 4.74 Å². The van der Waals surface area contributed by atoms with Gasteiger partial charge in [-0.25, -0.2) is 0 Å². The van der Waals surface area contributed by atoms with Crippen LogP contribution in [0.4, 0.5) is 0 Å². The Labute approximate surface area is 145 Å². The maximum absolute atomic E-state index is 12.3. The molecule has 1 unspecified atom stereocenters. The van der Waals surface area contributed by atoms with Crippen molar-refractivity contribution in [3.05, 3.63) is 0 Å².